The van der Waals surface area contributed by atoms with E-state index in [-0.39, 0.29) is 0 Å². The molecule has 1 unspecified atom stereocenters. The third kappa shape index (κ3) is 0.987. The molecule has 0 aliphatic carbocycles. The first-order chi connectivity index (χ1) is 5.79. The van der Waals surface area contributed by atoms with Crippen LogP contribution in [-0.2, 0) is 0 Å². The fourth-order valence-electron chi connectivity index (χ4n) is 1.34. The molecule has 1 heterocycles. The van der Waals surface area contributed by atoms with E-state index < -0.39 is 6.10 Å². The first kappa shape index (κ1) is 7.31. The van der Waals surface area contributed by atoms with Gasteiger partial charge in [0.05, 0.1) is 17.8 Å². The van der Waals surface area contributed by atoms with Crippen molar-refractivity contribution in [1.82, 2.24) is 10.2 Å². The summed E-state index contributed by atoms with van der Waals surface area (Å²) < 4.78 is 0. The van der Waals surface area contributed by atoms with Gasteiger partial charge in [-0.3, -0.25) is 5.10 Å². The minimum absolute atomic E-state index is 0.450. The molecular formula is C9H10N2O. The predicted molar refractivity (Wildman–Crippen MR) is 46.7 cm³/mol. The van der Waals surface area contributed by atoms with E-state index in [1.807, 2.05) is 18.2 Å². The van der Waals surface area contributed by atoms with Crippen LogP contribution >= 0.6 is 0 Å². The molecule has 0 aliphatic heterocycles. The lowest BCUT2D eigenvalue weighted by Gasteiger charge is -2.04. The van der Waals surface area contributed by atoms with Gasteiger partial charge in [-0.15, -0.1) is 0 Å². The number of aromatic amines is 1. The molecule has 62 valence electrons. The molecule has 3 nitrogen and oxygen atoms in total. The molecular weight excluding hydrogens is 152 g/mol. The van der Waals surface area contributed by atoms with Crippen LogP contribution in [0.1, 0.15) is 18.6 Å². The second-order valence-electron chi connectivity index (χ2n) is 2.86. The Balaban J connectivity index is 2.73. The fraction of sp³-hybridized carbons (Fsp3) is 0.222. The van der Waals surface area contributed by atoms with Gasteiger partial charge in [0.25, 0.3) is 0 Å². The number of nitrogens with one attached hydrogen (secondary N) is 1. The van der Waals surface area contributed by atoms with E-state index in [2.05, 4.69) is 10.2 Å². The zero-order chi connectivity index (χ0) is 8.55. The van der Waals surface area contributed by atoms with Gasteiger partial charge in [0.15, 0.2) is 0 Å². The van der Waals surface area contributed by atoms with E-state index in [1.165, 1.54) is 0 Å². The Kier molecular flexibility index (Phi) is 1.59. The minimum Gasteiger partial charge on any atom is -0.389 e. The maximum absolute atomic E-state index is 9.39. The van der Waals surface area contributed by atoms with Crippen molar-refractivity contribution in [2.75, 3.05) is 0 Å². The summed E-state index contributed by atoms with van der Waals surface area (Å²) in [5.41, 5.74) is 1.82. The van der Waals surface area contributed by atoms with Gasteiger partial charge in [0, 0.05) is 10.9 Å². The molecule has 0 aliphatic rings. The Hall–Kier alpha value is -1.35. The highest BCUT2D eigenvalue weighted by atomic mass is 16.3. The second-order valence-corrected chi connectivity index (χ2v) is 2.86. The van der Waals surface area contributed by atoms with Gasteiger partial charge in [-0.05, 0) is 6.92 Å². The third-order valence-electron chi connectivity index (χ3n) is 1.96. The summed E-state index contributed by atoms with van der Waals surface area (Å²) in [6.45, 7) is 1.75. The number of nitrogens with zero attached hydrogens (tertiary/aromatic N) is 1. The van der Waals surface area contributed by atoms with Crippen LogP contribution in [0.3, 0.4) is 0 Å². The molecule has 1 atom stereocenters. The highest BCUT2D eigenvalue weighted by Crippen LogP contribution is 2.21. The molecule has 3 heteroatoms. The highest BCUT2D eigenvalue weighted by Gasteiger charge is 2.06. The molecule has 0 spiro atoms. The number of aliphatic hydroxyl groups is 1. The van der Waals surface area contributed by atoms with Gasteiger partial charge in [0.1, 0.15) is 0 Å². The Morgan fingerprint density at radius 2 is 2.33 bits per heavy atom. The van der Waals surface area contributed by atoms with E-state index >= 15 is 0 Å². The molecule has 2 rings (SSSR count). The number of para-hydroxylation sites is 1. The van der Waals surface area contributed by atoms with Crippen molar-refractivity contribution in [2.45, 2.75) is 13.0 Å². The molecule has 2 N–H and O–H groups in total. The topological polar surface area (TPSA) is 48.9 Å². The zero-order valence-electron chi connectivity index (χ0n) is 6.78. The summed E-state index contributed by atoms with van der Waals surface area (Å²) in [5, 5.41) is 17.2. The van der Waals surface area contributed by atoms with Crippen LogP contribution in [0.4, 0.5) is 0 Å². The monoisotopic (exact) mass is 162 g/mol. The SMILES string of the molecule is CC(O)c1cccc2cn[nH]c12. The molecule has 0 radical (unpaired) electrons. The smallest absolute Gasteiger partial charge is 0.0782 e. The summed E-state index contributed by atoms with van der Waals surface area (Å²) in [5.74, 6) is 0. The van der Waals surface area contributed by atoms with Crippen molar-refractivity contribution < 1.29 is 5.11 Å². The summed E-state index contributed by atoms with van der Waals surface area (Å²) in [4.78, 5) is 0. The van der Waals surface area contributed by atoms with Gasteiger partial charge < -0.3 is 5.11 Å². The number of rotatable bonds is 1. The minimum atomic E-state index is -0.450. The molecule has 1 aromatic heterocycles. The van der Waals surface area contributed by atoms with Crippen LogP contribution in [0.15, 0.2) is 24.4 Å². The average molecular weight is 162 g/mol. The lowest BCUT2D eigenvalue weighted by Crippen LogP contribution is -1.91. The Bertz CT molecular complexity index is 392. The maximum atomic E-state index is 9.39. The number of benzene rings is 1. The van der Waals surface area contributed by atoms with Crippen molar-refractivity contribution in [1.29, 1.82) is 0 Å². The third-order valence-corrected chi connectivity index (χ3v) is 1.96. The van der Waals surface area contributed by atoms with Crippen molar-refractivity contribution >= 4 is 10.9 Å². The lowest BCUT2D eigenvalue weighted by molar-refractivity contribution is 0.200. The van der Waals surface area contributed by atoms with Crippen molar-refractivity contribution in [3.63, 3.8) is 0 Å². The van der Waals surface area contributed by atoms with E-state index in [0.717, 1.165) is 16.5 Å². The van der Waals surface area contributed by atoms with Crippen molar-refractivity contribution in [2.24, 2.45) is 0 Å². The molecule has 12 heavy (non-hydrogen) atoms. The lowest BCUT2D eigenvalue weighted by atomic mass is 10.1. The zero-order valence-corrected chi connectivity index (χ0v) is 6.78. The molecule has 0 amide bonds. The molecule has 0 saturated heterocycles. The summed E-state index contributed by atoms with van der Waals surface area (Å²) in [6, 6.07) is 5.77. The number of fused-ring (bicyclic) bond motifs is 1. The molecule has 0 bridgehead atoms. The second kappa shape index (κ2) is 2.60. The Morgan fingerprint density at radius 3 is 3.08 bits per heavy atom. The van der Waals surface area contributed by atoms with Crippen molar-refractivity contribution in [3.8, 4) is 0 Å². The van der Waals surface area contributed by atoms with Crippen LogP contribution < -0.4 is 0 Å². The number of aromatic nitrogens is 2. The fourth-order valence-corrected chi connectivity index (χ4v) is 1.34. The Labute approximate surface area is 70.0 Å². The quantitative estimate of drug-likeness (QED) is 0.669. The number of hydrogen-bond acceptors (Lipinski definition) is 2. The van der Waals surface area contributed by atoms with E-state index in [1.54, 1.807) is 13.1 Å². The molecule has 0 fully saturated rings. The van der Waals surface area contributed by atoms with Gasteiger partial charge in [-0.25, -0.2) is 0 Å². The summed E-state index contributed by atoms with van der Waals surface area (Å²) in [7, 11) is 0. The van der Waals surface area contributed by atoms with E-state index in [4.69, 9.17) is 0 Å². The summed E-state index contributed by atoms with van der Waals surface area (Å²) in [6.07, 6.45) is 1.30. The van der Waals surface area contributed by atoms with Gasteiger partial charge >= 0.3 is 0 Å². The Morgan fingerprint density at radius 1 is 1.50 bits per heavy atom. The standard InChI is InChI=1S/C9H10N2O/c1-6(12)8-4-2-3-7-5-10-11-9(7)8/h2-6,12H,1H3,(H,10,11). The van der Waals surface area contributed by atoms with Crippen molar-refractivity contribution in [3.05, 3.63) is 30.0 Å². The van der Waals surface area contributed by atoms with E-state index in [0.29, 0.717) is 0 Å². The normalized spacial score (nSPS) is 13.5. The van der Waals surface area contributed by atoms with E-state index in [9.17, 15) is 5.11 Å². The highest BCUT2D eigenvalue weighted by molar-refractivity contribution is 5.81. The van der Waals surface area contributed by atoms with Gasteiger partial charge in [0.2, 0.25) is 0 Å². The largest absolute Gasteiger partial charge is 0.389 e. The van der Waals surface area contributed by atoms with Crippen LogP contribution in [0.25, 0.3) is 10.9 Å². The first-order valence-corrected chi connectivity index (χ1v) is 3.89. The van der Waals surface area contributed by atoms with Gasteiger partial charge in [-0.2, -0.15) is 5.10 Å². The summed E-state index contributed by atoms with van der Waals surface area (Å²) >= 11 is 0. The number of H-pyrrole nitrogens is 1. The number of hydrogen-bond donors (Lipinski definition) is 2. The molecule has 0 saturated carbocycles. The van der Waals surface area contributed by atoms with Crippen LogP contribution in [0.5, 0.6) is 0 Å². The predicted octanol–water partition coefficient (Wildman–Crippen LogP) is 1.62. The van der Waals surface area contributed by atoms with Crippen LogP contribution in [0, 0.1) is 0 Å². The maximum Gasteiger partial charge on any atom is 0.0782 e. The van der Waals surface area contributed by atoms with Crippen LogP contribution in [0.2, 0.25) is 0 Å². The molecule has 1 aromatic carbocycles. The van der Waals surface area contributed by atoms with Gasteiger partial charge in [-0.1, -0.05) is 18.2 Å². The number of aliphatic hydroxyl groups excluding tert-OH is 1. The molecule has 2 aromatic rings. The first-order valence-electron chi connectivity index (χ1n) is 3.89. The average Bonchev–Trinajstić information content (AvgIpc) is 2.49. The van der Waals surface area contributed by atoms with Crippen LogP contribution in [-0.4, -0.2) is 15.3 Å².